The number of carbonyl (C=O) groups excluding carboxylic acids is 1. The Hall–Kier alpha value is -3.01. The van der Waals surface area contributed by atoms with Gasteiger partial charge in [-0.25, -0.2) is 4.98 Å². The van der Waals surface area contributed by atoms with Crippen molar-refractivity contribution < 1.29 is 4.79 Å². The normalized spacial score (nSPS) is 11.2. The van der Waals surface area contributed by atoms with E-state index in [0.29, 0.717) is 0 Å². The highest BCUT2D eigenvalue weighted by atomic mass is 16.1. The Bertz CT molecular complexity index is 1030. The number of aldehydes is 1. The van der Waals surface area contributed by atoms with Crippen LogP contribution in [0.3, 0.4) is 0 Å². The fourth-order valence-corrected chi connectivity index (χ4v) is 3.00. The summed E-state index contributed by atoms with van der Waals surface area (Å²) >= 11 is 0. The second kappa shape index (κ2) is 5.32. The van der Waals surface area contributed by atoms with Gasteiger partial charge in [-0.3, -0.25) is 4.98 Å². The lowest BCUT2D eigenvalue weighted by molar-refractivity contribution is -0.108. The molecule has 0 aliphatic carbocycles. The van der Waals surface area contributed by atoms with Crippen molar-refractivity contribution in [3.05, 3.63) is 60.3 Å². The van der Waals surface area contributed by atoms with Crippen molar-refractivity contribution in [2.75, 3.05) is 0 Å². The van der Waals surface area contributed by atoms with Crippen molar-refractivity contribution in [3.8, 4) is 11.4 Å². The van der Waals surface area contributed by atoms with Crippen molar-refractivity contribution >= 4 is 28.2 Å². The number of carbonyl (C=O) groups is 1. The summed E-state index contributed by atoms with van der Waals surface area (Å²) in [5.41, 5.74) is 4.94. The molecule has 0 aliphatic heterocycles. The number of benzene rings is 2. The summed E-state index contributed by atoms with van der Waals surface area (Å²) in [5.74, 6) is 0.802. The van der Waals surface area contributed by atoms with Crippen LogP contribution in [0.2, 0.25) is 0 Å². The maximum atomic E-state index is 11.2. The third-order valence-corrected chi connectivity index (χ3v) is 4.05. The lowest BCUT2D eigenvalue weighted by Crippen LogP contribution is -2.02. The molecule has 0 atom stereocenters. The Balaban J connectivity index is 2.07. The summed E-state index contributed by atoms with van der Waals surface area (Å²) in [6.45, 7) is 2.32. The monoisotopic (exact) mass is 301 g/mol. The lowest BCUT2D eigenvalue weighted by atomic mass is 10.1. The Morgan fingerprint density at radius 3 is 2.83 bits per heavy atom. The van der Waals surface area contributed by atoms with E-state index in [0.717, 1.165) is 45.2 Å². The summed E-state index contributed by atoms with van der Waals surface area (Å²) < 4.78 is 1.96. The topological polar surface area (TPSA) is 47.8 Å². The third-order valence-electron chi connectivity index (χ3n) is 4.05. The van der Waals surface area contributed by atoms with E-state index in [4.69, 9.17) is 4.98 Å². The van der Waals surface area contributed by atoms with Gasteiger partial charge in [0.2, 0.25) is 0 Å². The average molecular weight is 301 g/mol. The first-order valence-corrected chi connectivity index (χ1v) is 7.52. The van der Waals surface area contributed by atoms with Crippen LogP contribution in [0.5, 0.6) is 0 Å². The number of aryl methyl sites for hydroxylation is 1. The second-order valence-electron chi connectivity index (χ2n) is 5.58. The van der Waals surface area contributed by atoms with Gasteiger partial charge in [-0.2, -0.15) is 0 Å². The molecule has 0 aliphatic rings. The van der Waals surface area contributed by atoms with E-state index in [9.17, 15) is 4.79 Å². The van der Waals surface area contributed by atoms with Crippen molar-refractivity contribution in [1.29, 1.82) is 0 Å². The zero-order chi connectivity index (χ0) is 15.8. The van der Waals surface area contributed by atoms with Crippen molar-refractivity contribution in [2.45, 2.75) is 13.5 Å². The molecule has 4 nitrogen and oxygen atoms in total. The first kappa shape index (κ1) is 13.6. The fourth-order valence-electron chi connectivity index (χ4n) is 3.00. The molecule has 0 fully saturated rings. The molecule has 0 saturated carbocycles. The van der Waals surface area contributed by atoms with Gasteiger partial charge in [0.1, 0.15) is 12.1 Å². The molecule has 4 aromatic rings. The highest BCUT2D eigenvalue weighted by Crippen LogP contribution is 2.30. The van der Waals surface area contributed by atoms with Crippen LogP contribution in [-0.2, 0) is 11.3 Å². The van der Waals surface area contributed by atoms with Gasteiger partial charge in [-0.15, -0.1) is 0 Å². The number of hydrogen-bond acceptors (Lipinski definition) is 3. The minimum absolute atomic E-state index is 0.283. The quantitative estimate of drug-likeness (QED) is 0.541. The maximum Gasteiger partial charge on any atom is 0.142 e. The summed E-state index contributed by atoms with van der Waals surface area (Å²) in [7, 11) is 0. The van der Waals surface area contributed by atoms with Gasteiger partial charge in [0.05, 0.1) is 23.1 Å². The average Bonchev–Trinajstić information content (AvgIpc) is 2.92. The molecule has 2 aromatic carbocycles. The van der Waals surface area contributed by atoms with E-state index in [1.54, 1.807) is 6.20 Å². The van der Waals surface area contributed by atoms with Gasteiger partial charge in [-0.1, -0.05) is 24.3 Å². The third kappa shape index (κ3) is 2.19. The molecule has 23 heavy (non-hydrogen) atoms. The summed E-state index contributed by atoms with van der Waals surface area (Å²) in [6, 6.07) is 16.0. The molecular weight excluding hydrogens is 286 g/mol. The van der Waals surface area contributed by atoms with Gasteiger partial charge < -0.3 is 9.36 Å². The molecular formula is C19H15N3O. The molecule has 4 heteroatoms. The minimum atomic E-state index is 0.283. The van der Waals surface area contributed by atoms with Crippen LogP contribution in [0.4, 0.5) is 0 Å². The van der Waals surface area contributed by atoms with Gasteiger partial charge in [0.25, 0.3) is 0 Å². The van der Waals surface area contributed by atoms with E-state index < -0.39 is 0 Å². The van der Waals surface area contributed by atoms with Crippen LogP contribution >= 0.6 is 0 Å². The molecule has 0 radical (unpaired) electrons. The smallest absolute Gasteiger partial charge is 0.142 e. The van der Waals surface area contributed by atoms with Crippen molar-refractivity contribution in [1.82, 2.24) is 14.5 Å². The predicted molar refractivity (Wildman–Crippen MR) is 91.3 cm³/mol. The molecule has 0 saturated heterocycles. The van der Waals surface area contributed by atoms with Crippen LogP contribution in [0, 0.1) is 6.92 Å². The molecule has 0 N–H and O–H groups in total. The number of aromatic nitrogens is 3. The zero-order valence-electron chi connectivity index (χ0n) is 12.7. The molecule has 0 spiro atoms. The molecule has 0 unspecified atom stereocenters. The SMILES string of the molecule is Cc1ccc2c(c1)nc(-c1ccnc3ccccc13)n2CC=O. The molecule has 2 heterocycles. The number of nitrogens with zero attached hydrogens (tertiary/aromatic N) is 3. The van der Waals surface area contributed by atoms with E-state index in [1.807, 2.05) is 60.0 Å². The van der Waals surface area contributed by atoms with E-state index in [2.05, 4.69) is 4.98 Å². The molecule has 2 aromatic heterocycles. The number of pyridine rings is 1. The van der Waals surface area contributed by atoms with Gasteiger partial charge in [-0.05, 0) is 36.8 Å². The van der Waals surface area contributed by atoms with Crippen LogP contribution in [-0.4, -0.2) is 20.8 Å². The Labute approximate surface area is 133 Å². The Kier molecular flexibility index (Phi) is 3.15. The number of fused-ring (bicyclic) bond motifs is 2. The Morgan fingerprint density at radius 1 is 1.09 bits per heavy atom. The minimum Gasteiger partial charge on any atom is -0.317 e. The Morgan fingerprint density at radius 2 is 1.96 bits per heavy atom. The fraction of sp³-hybridized carbons (Fsp3) is 0.105. The van der Waals surface area contributed by atoms with Crippen molar-refractivity contribution in [3.63, 3.8) is 0 Å². The summed E-state index contributed by atoms with van der Waals surface area (Å²) in [6.07, 6.45) is 2.70. The first-order chi connectivity index (χ1) is 11.3. The summed E-state index contributed by atoms with van der Waals surface area (Å²) in [4.78, 5) is 20.4. The van der Waals surface area contributed by atoms with Crippen molar-refractivity contribution in [2.24, 2.45) is 0 Å². The molecule has 0 bridgehead atoms. The predicted octanol–water partition coefficient (Wildman–Crippen LogP) is 3.76. The van der Waals surface area contributed by atoms with Gasteiger partial charge >= 0.3 is 0 Å². The van der Waals surface area contributed by atoms with E-state index in [-0.39, 0.29) is 6.54 Å². The van der Waals surface area contributed by atoms with Crippen LogP contribution in [0.1, 0.15) is 5.56 Å². The van der Waals surface area contributed by atoms with Crippen LogP contribution < -0.4 is 0 Å². The summed E-state index contributed by atoms with van der Waals surface area (Å²) in [5, 5.41) is 1.04. The second-order valence-corrected chi connectivity index (χ2v) is 5.58. The molecule has 0 amide bonds. The van der Waals surface area contributed by atoms with E-state index in [1.165, 1.54) is 0 Å². The number of imidazole rings is 1. The highest BCUT2D eigenvalue weighted by molar-refractivity contribution is 5.95. The van der Waals surface area contributed by atoms with Crippen LogP contribution in [0.25, 0.3) is 33.3 Å². The molecule has 4 rings (SSSR count). The first-order valence-electron chi connectivity index (χ1n) is 7.52. The van der Waals surface area contributed by atoms with Gasteiger partial charge in [0.15, 0.2) is 0 Å². The van der Waals surface area contributed by atoms with Crippen LogP contribution in [0.15, 0.2) is 54.7 Å². The standard InChI is InChI=1S/C19H15N3O/c1-13-6-7-18-17(12-13)21-19(22(18)10-11-23)15-8-9-20-16-5-3-2-4-14(15)16/h2-9,11-12H,10H2,1H3. The zero-order valence-corrected chi connectivity index (χ0v) is 12.7. The number of hydrogen-bond donors (Lipinski definition) is 0. The largest absolute Gasteiger partial charge is 0.317 e. The number of rotatable bonds is 3. The molecule has 112 valence electrons. The lowest BCUT2D eigenvalue weighted by Gasteiger charge is -2.08. The van der Waals surface area contributed by atoms with E-state index >= 15 is 0 Å². The maximum absolute atomic E-state index is 11.2. The van der Waals surface area contributed by atoms with Gasteiger partial charge in [0, 0.05) is 17.1 Å². The number of para-hydroxylation sites is 1. The highest BCUT2D eigenvalue weighted by Gasteiger charge is 2.14.